The van der Waals surface area contributed by atoms with Gasteiger partial charge in [0.1, 0.15) is 17.6 Å². The maximum atomic E-state index is 8.17. The quantitative estimate of drug-likeness (QED) is 0.155. The summed E-state index contributed by atoms with van der Waals surface area (Å²) < 4.78 is 6.46. The Hall–Kier alpha value is -1.88. The molecule has 0 aromatic heterocycles. The number of para-hydroxylation sites is 2. The first kappa shape index (κ1) is 33.1. The highest BCUT2D eigenvalue weighted by Gasteiger charge is 2.08. The zero-order chi connectivity index (χ0) is 27.0. The van der Waals surface area contributed by atoms with E-state index < -0.39 is 6.10 Å². The SMILES string of the molecule is CCCCCCCCCc1ccccc1Oc1ccccc1CCCCCCCCC.OCC(O)CO. The Morgan fingerprint density at radius 3 is 1.24 bits per heavy atom. The molecular weight excluding hydrogens is 460 g/mol. The lowest BCUT2D eigenvalue weighted by atomic mass is 10.0. The number of hydrogen-bond donors (Lipinski definition) is 3. The third kappa shape index (κ3) is 16.5. The molecule has 0 amide bonds. The maximum Gasteiger partial charge on any atom is 0.130 e. The van der Waals surface area contributed by atoms with E-state index in [4.69, 9.17) is 20.1 Å². The molecule has 37 heavy (non-hydrogen) atoms. The molecule has 0 radical (unpaired) electrons. The number of benzene rings is 2. The van der Waals surface area contributed by atoms with Gasteiger partial charge in [0.25, 0.3) is 0 Å². The number of unbranched alkanes of at least 4 members (excludes halogenated alkanes) is 12. The molecule has 0 bridgehead atoms. The van der Waals surface area contributed by atoms with Gasteiger partial charge in [0.2, 0.25) is 0 Å². The van der Waals surface area contributed by atoms with Crippen LogP contribution in [0.5, 0.6) is 11.5 Å². The van der Waals surface area contributed by atoms with Gasteiger partial charge in [-0.1, -0.05) is 127 Å². The van der Waals surface area contributed by atoms with Gasteiger partial charge in [-0.2, -0.15) is 0 Å². The van der Waals surface area contributed by atoms with Gasteiger partial charge in [-0.15, -0.1) is 0 Å². The fraction of sp³-hybridized carbons (Fsp3) is 0.636. The summed E-state index contributed by atoms with van der Waals surface area (Å²) >= 11 is 0. The summed E-state index contributed by atoms with van der Waals surface area (Å²) in [6.45, 7) is 3.83. The highest BCUT2D eigenvalue weighted by atomic mass is 16.5. The van der Waals surface area contributed by atoms with Gasteiger partial charge in [0.15, 0.2) is 0 Å². The fourth-order valence-electron chi connectivity index (χ4n) is 4.34. The van der Waals surface area contributed by atoms with Crippen LogP contribution in [-0.2, 0) is 12.8 Å². The molecule has 2 aromatic rings. The molecule has 3 N–H and O–H groups in total. The number of aliphatic hydroxyl groups excluding tert-OH is 3. The first-order chi connectivity index (χ1) is 18.2. The van der Waals surface area contributed by atoms with Gasteiger partial charge in [-0.25, -0.2) is 0 Å². The summed E-state index contributed by atoms with van der Waals surface area (Å²) in [6.07, 6.45) is 20.2. The van der Waals surface area contributed by atoms with Gasteiger partial charge < -0.3 is 20.1 Å². The van der Waals surface area contributed by atoms with Crippen LogP contribution < -0.4 is 4.74 Å². The molecule has 0 fully saturated rings. The minimum absolute atomic E-state index is 0.365. The average Bonchev–Trinajstić information content (AvgIpc) is 2.93. The van der Waals surface area contributed by atoms with Gasteiger partial charge in [0.05, 0.1) is 13.2 Å². The van der Waals surface area contributed by atoms with Crippen molar-refractivity contribution in [3.8, 4) is 11.5 Å². The van der Waals surface area contributed by atoms with Crippen LogP contribution in [0.1, 0.15) is 115 Å². The van der Waals surface area contributed by atoms with Crippen LogP contribution in [0.25, 0.3) is 0 Å². The molecular formula is C33H54O4. The van der Waals surface area contributed by atoms with Crippen molar-refractivity contribution < 1.29 is 20.1 Å². The summed E-state index contributed by atoms with van der Waals surface area (Å²) in [5.41, 5.74) is 2.70. The van der Waals surface area contributed by atoms with Crippen LogP contribution in [0.3, 0.4) is 0 Å². The highest BCUT2D eigenvalue weighted by molar-refractivity contribution is 5.41. The molecule has 0 spiro atoms. The molecule has 4 nitrogen and oxygen atoms in total. The normalized spacial score (nSPS) is 10.9. The summed E-state index contributed by atoms with van der Waals surface area (Å²) in [7, 11) is 0. The smallest absolute Gasteiger partial charge is 0.130 e. The van der Waals surface area contributed by atoms with Gasteiger partial charge in [-0.3, -0.25) is 0 Å². The van der Waals surface area contributed by atoms with Crippen molar-refractivity contribution in [1.82, 2.24) is 0 Å². The lowest BCUT2D eigenvalue weighted by Crippen LogP contribution is -2.15. The molecule has 0 saturated carbocycles. The minimum Gasteiger partial charge on any atom is -0.457 e. The Balaban J connectivity index is 0.00000102. The number of ether oxygens (including phenoxy) is 1. The Bertz CT molecular complexity index is 713. The van der Waals surface area contributed by atoms with E-state index in [2.05, 4.69) is 62.4 Å². The second-order valence-electron chi connectivity index (χ2n) is 10.1. The Morgan fingerprint density at radius 2 is 0.892 bits per heavy atom. The molecule has 0 atom stereocenters. The summed E-state index contributed by atoms with van der Waals surface area (Å²) in [6, 6.07) is 17.3. The summed E-state index contributed by atoms with van der Waals surface area (Å²) in [5.74, 6) is 2.08. The number of aliphatic hydroxyl groups is 3. The summed E-state index contributed by atoms with van der Waals surface area (Å²) in [5, 5.41) is 24.0. The van der Waals surface area contributed by atoms with Crippen molar-refractivity contribution in [3.63, 3.8) is 0 Å². The largest absolute Gasteiger partial charge is 0.457 e. The molecule has 0 heterocycles. The van der Waals surface area contributed by atoms with E-state index in [1.165, 1.54) is 101 Å². The Morgan fingerprint density at radius 1 is 0.541 bits per heavy atom. The maximum absolute atomic E-state index is 8.17. The molecule has 4 heteroatoms. The fourth-order valence-corrected chi connectivity index (χ4v) is 4.34. The van der Waals surface area contributed by atoms with Crippen LogP contribution in [0.2, 0.25) is 0 Å². The highest BCUT2D eigenvalue weighted by Crippen LogP contribution is 2.30. The van der Waals surface area contributed by atoms with E-state index in [1.807, 2.05) is 0 Å². The molecule has 2 aromatic carbocycles. The summed E-state index contributed by atoms with van der Waals surface area (Å²) in [4.78, 5) is 0. The monoisotopic (exact) mass is 514 g/mol. The second kappa shape index (κ2) is 23.3. The minimum atomic E-state index is -0.954. The molecule has 0 unspecified atom stereocenters. The second-order valence-corrected chi connectivity index (χ2v) is 10.1. The van der Waals surface area contributed by atoms with Crippen LogP contribution in [0.4, 0.5) is 0 Å². The lowest BCUT2D eigenvalue weighted by Gasteiger charge is -2.14. The van der Waals surface area contributed by atoms with E-state index in [-0.39, 0.29) is 13.2 Å². The Kier molecular flexibility index (Phi) is 20.8. The van der Waals surface area contributed by atoms with Crippen molar-refractivity contribution >= 4 is 0 Å². The average molecular weight is 515 g/mol. The third-order valence-corrected chi connectivity index (χ3v) is 6.69. The zero-order valence-corrected chi connectivity index (χ0v) is 23.7. The first-order valence-electron chi connectivity index (χ1n) is 14.9. The Labute approximate surface area is 227 Å². The van der Waals surface area contributed by atoms with Crippen molar-refractivity contribution in [1.29, 1.82) is 0 Å². The molecule has 0 aliphatic rings. The van der Waals surface area contributed by atoms with E-state index in [0.29, 0.717) is 0 Å². The van der Waals surface area contributed by atoms with E-state index in [0.717, 1.165) is 24.3 Å². The van der Waals surface area contributed by atoms with Gasteiger partial charge in [-0.05, 0) is 48.9 Å². The molecule has 0 aliphatic heterocycles. The number of aryl methyl sites for hydroxylation is 2. The molecule has 0 aliphatic carbocycles. The van der Waals surface area contributed by atoms with Crippen LogP contribution in [-0.4, -0.2) is 34.6 Å². The predicted molar refractivity (Wildman–Crippen MR) is 157 cm³/mol. The molecule has 0 saturated heterocycles. The third-order valence-electron chi connectivity index (χ3n) is 6.69. The topological polar surface area (TPSA) is 69.9 Å². The van der Waals surface area contributed by atoms with Gasteiger partial charge >= 0.3 is 0 Å². The lowest BCUT2D eigenvalue weighted by molar-refractivity contribution is 0.0450. The zero-order valence-electron chi connectivity index (χ0n) is 23.7. The van der Waals surface area contributed by atoms with Crippen LogP contribution >= 0.6 is 0 Å². The van der Waals surface area contributed by atoms with Crippen molar-refractivity contribution in [2.45, 2.75) is 123 Å². The van der Waals surface area contributed by atoms with Crippen LogP contribution in [0, 0.1) is 0 Å². The predicted octanol–water partition coefficient (Wildman–Crippen LogP) is 8.40. The van der Waals surface area contributed by atoms with Crippen molar-refractivity contribution in [3.05, 3.63) is 59.7 Å². The van der Waals surface area contributed by atoms with E-state index in [9.17, 15) is 0 Å². The van der Waals surface area contributed by atoms with E-state index >= 15 is 0 Å². The first-order valence-corrected chi connectivity index (χ1v) is 14.9. The van der Waals surface area contributed by atoms with Crippen molar-refractivity contribution in [2.75, 3.05) is 13.2 Å². The molecule has 2 rings (SSSR count). The molecule has 210 valence electrons. The van der Waals surface area contributed by atoms with E-state index in [1.54, 1.807) is 0 Å². The number of hydrogen-bond acceptors (Lipinski definition) is 4. The van der Waals surface area contributed by atoms with Crippen LogP contribution in [0.15, 0.2) is 48.5 Å². The van der Waals surface area contributed by atoms with Crippen molar-refractivity contribution in [2.24, 2.45) is 0 Å². The standard InChI is InChI=1S/C30H46O.C3H8O3/c1-3-5-7-9-11-13-15-21-27-23-17-19-25-29(27)31-30-26-20-18-24-28(30)22-16-14-12-10-8-6-4-2;4-1-3(6)2-5/h17-20,23-26H,3-16,21-22H2,1-2H3;3-6H,1-2H2. The van der Waals surface area contributed by atoms with Gasteiger partial charge in [0, 0.05) is 0 Å². The number of rotatable bonds is 20.